The van der Waals surface area contributed by atoms with Crippen LogP contribution in [-0.2, 0) is 14.9 Å². The molecule has 1 saturated carbocycles. The first-order valence-electron chi connectivity index (χ1n) is 6.33. The molecule has 6 heteroatoms. The van der Waals surface area contributed by atoms with Crippen LogP contribution in [0, 0.1) is 11.8 Å². The molecule has 2 N–H and O–H groups in total. The second-order valence-electron chi connectivity index (χ2n) is 5.13. The summed E-state index contributed by atoms with van der Waals surface area (Å²) in [7, 11) is -4.18. The van der Waals surface area contributed by atoms with Crippen molar-refractivity contribution in [3.63, 3.8) is 0 Å². The minimum absolute atomic E-state index is 0.0301. The second-order valence-corrected chi connectivity index (χ2v) is 6.82. The highest BCUT2D eigenvalue weighted by atomic mass is 32.2. The lowest BCUT2D eigenvalue weighted by Crippen LogP contribution is -2.28. The molecule has 105 valence electrons. The maximum Gasteiger partial charge on any atom is 0.306 e. The Hall–Kier alpha value is -0.620. The molecule has 1 rings (SSSR count). The van der Waals surface area contributed by atoms with Crippen LogP contribution in [0.4, 0.5) is 0 Å². The Morgan fingerprint density at radius 3 is 2.28 bits per heavy atom. The fraction of sp³-hybridized carbons (Fsp3) is 0.833. The van der Waals surface area contributed by atoms with Crippen LogP contribution in [0.3, 0.4) is 0 Å². The number of aliphatic carboxylic acids is 1. The highest BCUT2D eigenvalue weighted by Crippen LogP contribution is 2.32. The third-order valence-corrected chi connectivity index (χ3v) is 4.74. The van der Waals surface area contributed by atoms with Gasteiger partial charge in [0.15, 0.2) is 0 Å². The van der Waals surface area contributed by atoms with Gasteiger partial charge in [-0.25, -0.2) is 0 Å². The standard InChI is InChI=1S/C12H21O5S/c1-9(12(13)14)7-11(18(15,16)17)8-10-5-3-2-4-6-10/h9,11H,2-8H2,1H3,(H,13,14)(H,15,16,17). The summed E-state index contributed by atoms with van der Waals surface area (Å²) in [6.07, 6.45) is 5.34. The highest BCUT2D eigenvalue weighted by molar-refractivity contribution is 7.86. The minimum atomic E-state index is -4.18. The van der Waals surface area contributed by atoms with Crippen molar-refractivity contribution in [2.75, 3.05) is 0 Å². The number of hydrogen-bond donors (Lipinski definition) is 2. The van der Waals surface area contributed by atoms with Crippen molar-refractivity contribution < 1.29 is 22.9 Å². The van der Waals surface area contributed by atoms with E-state index in [2.05, 4.69) is 0 Å². The number of hydrogen-bond acceptors (Lipinski definition) is 3. The topological polar surface area (TPSA) is 91.7 Å². The molecule has 1 fully saturated rings. The highest BCUT2D eigenvalue weighted by Gasteiger charge is 2.31. The van der Waals surface area contributed by atoms with Gasteiger partial charge in [-0.05, 0) is 31.6 Å². The van der Waals surface area contributed by atoms with E-state index in [-0.39, 0.29) is 6.42 Å². The molecule has 0 aromatic heterocycles. The lowest BCUT2D eigenvalue weighted by Gasteiger charge is -2.25. The molecule has 1 aliphatic rings. The molecule has 1 radical (unpaired) electrons. The molecule has 5 nitrogen and oxygen atoms in total. The van der Waals surface area contributed by atoms with Crippen molar-refractivity contribution in [3.8, 4) is 0 Å². The molecule has 0 aromatic rings. The fourth-order valence-electron chi connectivity index (χ4n) is 2.38. The van der Waals surface area contributed by atoms with Crippen molar-refractivity contribution in [3.05, 3.63) is 5.92 Å². The Morgan fingerprint density at radius 2 is 1.83 bits per heavy atom. The molecule has 0 heterocycles. The minimum Gasteiger partial charge on any atom is -0.481 e. The van der Waals surface area contributed by atoms with Gasteiger partial charge >= 0.3 is 5.97 Å². The van der Waals surface area contributed by atoms with Gasteiger partial charge in [0.25, 0.3) is 10.1 Å². The maximum absolute atomic E-state index is 11.3. The fourth-order valence-corrected chi connectivity index (χ4v) is 3.36. The van der Waals surface area contributed by atoms with Crippen LogP contribution in [0.1, 0.15) is 51.9 Å². The quantitative estimate of drug-likeness (QED) is 0.727. The molecule has 0 spiro atoms. The molecule has 2 atom stereocenters. The van der Waals surface area contributed by atoms with Crippen LogP contribution in [0.5, 0.6) is 0 Å². The van der Waals surface area contributed by atoms with E-state index in [0.717, 1.165) is 38.0 Å². The zero-order chi connectivity index (χ0) is 13.8. The number of rotatable bonds is 6. The normalized spacial score (nSPS) is 21.4. The molecule has 1 aliphatic carbocycles. The summed E-state index contributed by atoms with van der Waals surface area (Å²) in [5.74, 6) is -0.653. The Kier molecular flexibility index (Phi) is 5.59. The summed E-state index contributed by atoms with van der Waals surface area (Å²) in [4.78, 5) is 10.8. The van der Waals surface area contributed by atoms with E-state index in [0.29, 0.717) is 6.42 Å². The molecule has 0 aliphatic heterocycles. The Labute approximate surface area is 108 Å². The van der Waals surface area contributed by atoms with Crippen molar-refractivity contribution >= 4 is 16.1 Å². The summed E-state index contributed by atoms with van der Waals surface area (Å²) < 4.78 is 31.8. The van der Waals surface area contributed by atoms with Crippen LogP contribution < -0.4 is 0 Å². The predicted molar refractivity (Wildman–Crippen MR) is 67.7 cm³/mol. The van der Waals surface area contributed by atoms with E-state index in [9.17, 15) is 17.8 Å². The summed E-state index contributed by atoms with van der Waals surface area (Å²) >= 11 is 0. The maximum atomic E-state index is 11.3. The third kappa shape index (κ3) is 4.94. The Bertz CT molecular complexity index is 370. The van der Waals surface area contributed by atoms with E-state index in [1.165, 1.54) is 6.92 Å². The van der Waals surface area contributed by atoms with Gasteiger partial charge in [0, 0.05) is 0 Å². The van der Waals surface area contributed by atoms with Crippen molar-refractivity contribution in [2.45, 2.75) is 57.1 Å². The SMILES string of the molecule is CC(CC(C[C]1CCCCC1)S(=O)(=O)O)C(=O)O. The summed E-state index contributed by atoms with van der Waals surface area (Å²) in [5, 5.41) is 7.84. The first-order valence-corrected chi connectivity index (χ1v) is 7.83. The molecular weight excluding hydrogens is 256 g/mol. The van der Waals surface area contributed by atoms with E-state index in [1.807, 2.05) is 0 Å². The largest absolute Gasteiger partial charge is 0.481 e. The molecule has 0 aromatic carbocycles. The van der Waals surface area contributed by atoms with Crippen LogP contribution in [0.15, 0.2) is 0 Å². The lowest BCUT2D eigenvalue weighted by atomic mass is 9.85. The van der Waals surface area contributed by atoms with Gasteiger partial charge < -0.3 is 5.11 Å². The van der Waals surface area contributed by atoms with Crippen molar-refractivity contribution in [1.82, 2.24) is 0 Å². The average Bonchev–Trinajstić information content (AvgIpc) is 2.28. The van der Waals surface area contributed by atoms with Crippen molar-refractivity contribution in [1.29, 1.82) is 0 Å². The van der Waals surface area contributed by atoms with Crippen molar-refractivity contribution in [2.24, 2.45) is 5.92 Å². The zero-order valence-electron chi connectivity index (χ0n) is 10.6. The van der Waals surface area contributed by atoms with E-state index in [1.54, 1.807) is 0 Å². The van der Waals surface area contributed by atoms with Gasteiger partial charge in [0.05, 0.1) is 11.2 Å². The second kappa shape index (κ2) is 6.52. The first-order chi connectivity index (χ1) is 8.30. The number of carboxylic acids is 1. The third-order valence-electron chi connectivity index (χ3n) is 3.54. The molecule has 18 heavy (non-hydrogen) atoms. The van der Waals surface area contributed by atoms with Gasteiger partial charge in [0.1, 0.15) is 0 Å². The molecule has 0 amide bonds. The Morgan fingerprint density at radius 1 is 1.28 bits per heavy atom. The number of carboxylic acid groups (broad SMARTS) is 1. The predicted octanol–water partition coefficient (Wildman–Crippen LogP) is 2.28. The van der Waals surface area contributed by atoms with Gasteiger partial charge in [-0.2, -0.15) is 8.42 Å². The first kappa shape index (κ1) is 15.4. The van der Waals surface area contributed by atoms with Gasteiger partial charge in [-0.15, -0.1) is 0 Å². The summed E-state index contributed by atoms with van der Waals surface area (Å²) in [6.45, 7) is 1.46. The smallest absolute Gasteiger partial charge is 0.306 e. The Balaban J connectivity index is 2.63. The monoisotopic (exact) mass is 277 g/mol. The van der Waals surface area contributed by atoms with Gasteiger partial charge in [-0.3, -0.25) is 9.35 Å². The van der Waals surface area contributed by atoms with E-state index < -0.39 is 27.3 Å². The molecule has 2 unspecified atom stereocenters. The average molecular weight is 277 g/mol. The van der Waals surface area contributed by atoms with E-state index >= 15 is 0 Å². The zero-order valence-corrected chi connectivity index (χ0v) is 11.4. The summed E-state index contributed by atoms with van der Waals surface area (Å²) in [6, 6.07) is 0. The lowest BCUT2D eigenvalue weighted by molar-refractivity contribution is -0.141. The van der Waals surface area contributed by atoms with Crippen LogP contribution in [0.25, 0.3) is 0 Å². The van der Waals surface area contributed by atoms with Crippen LogP contribution in [0.2, 0.25) is 0 Å². The van der Waals surface area contributed by atoms with Crippen LogP contribution >= 0.6 is 0 Å². The van der Waals surface area contributed by atoms with Gasteiger partial charge in [-0.1, -0.05) is 26.2 Å². The number of carbonyl (C=O) groups is 1. The molecule has 0 saturated heterocycles. The summed E-state index contributed by atoms with van der Waals surface area (Å²) in [5.41, 5.74) is 0. The van der Waals surface area contributed by atoms with Gasteiger partial charge in [0.2, 0.25) is 0 Å². The molecule has 0 bridgehead atoms. The van der Waals surface area contributed by atoms with Crippen LogP contribution in [-0.4, -0.2) is 29.3 Å². The molecular formula is C12H21O5S. The van der Waals surface area contributed by atoms with E-state index in [4.69, 9.17) is 5.11 Å².